The molecular weight excluding hydrogens is 470 g/mol. The van der Waals surface area contributed by atoms with Crippen molar-refractivity contribution >= 4 is 5.97 Å². The highest BCUT2D eigenvalue weighted by Crippen LogP contribution is 2.62. The van der Waals surface area contributed by atoms with Gasteiger partial charge in [-0.2, -0.15) is 0 Å². The maximum Gasteiger partial charge on any atom is 0.311 e. The van der Waals surface area contributed by atoms with Crippen molar-refractivity contribution in [1.82, 2.24) is 0 Å². The van der Waals surface area contributed by atoms with Crippen molar-refractivity contribution < 1.29 is 24.2 Å². The van der Waals surface area contributed by atoms with Gasteiger partial charge in [-0.3, -0.25) is 4.79 Å². The Balaban J connectivity index is 1.37. The van der Waals surface area contributed by atoms with Crippen LogP contribution in [0.3, 0.4) is 0 Å². The lowest BCUT2D eigenvalue weighted by Gasteiger charge is -2.57. The first-order valence-corrected chi connectivity index (χ1v) is 14.1. The lowest BCUT2D eigenvalue weighted by Crippen LogP contribution is -2.49. The minimum absolute atomic E-state index is 0.0730. The molecule has 0 saturated heterocycles. The molecule has 1 aromatic carbocycles. The summed E-state index contributed by atoms with van der Waals surface area (Å²) in [4.78, 5) is 27.8. The molecule has 2 atom stereocenters. The number of carbonyl (C=O) groups excluding carboxylic acids is 1. The monoisotopic (exact) mass is 509 g/mol. The molecule has 1 aliphatic heterocycles. The molecule has 5 aliphatic carbocycles. The van der Waals surface area contributed by atoms with E-state index in [1.54, 1.807) is 0 Å². The van der Waals surface area contributed by atoms with Crippen LogP contribution >= 0.6 is 0 Å². The van der Waals surface area contributed by atoms with Gasteiger partial charge >= 0.3 is 5.97 Å². The molecule has 1 aromatic rings. The quantitative estimate of drug-likeness (QED) is 0.102. The summed E-state index contributed by atoms with van der Waals surface area (Å²) in [6.07, 6.45) is 12.3. The van der Waals surface area contributed by atoms with Crippen molar-refractivity contribution in [3.63, 3.8) is 0 Å². The molecule has 2 unspecified atom stereocenters. The molecule has 0 radical (unpaired) electrons. The Morgan fingerprint density at radius 2 is 1.81 bits per heavy atom. The predicted octanol–water partition coefficient (Wildman–Crippen LogP) is 6.66. The van der Waals surface area contributed by atoms with E-state index in [1.165, 1.54) is 49.7 Å². The molecule has 200 valence electrons. The van der Waals surface area contributed by atoms with E-state index in [2.05, 4.69) is 43.8 Å². The van der Waals surface area contributed by atoms with Crippen LogP contribution in [0.4, 0.5) is 0 Å². The summed E-state index contributed by atoms with van der Waals surface area (Å²) in [7, 11) is 0. The molecule has 0 amide bonds. The number of rotatable bonds is 7. The molecule has 7 nitrogen and oxygen atoms in total. The maximum atomic E-state index is 13.0. The lowest BCUT2D eigenvalue weighted by molar-refractivity contribution is -0.757. The van der Waals surface area contributed by atoms with Gasteiger partial charge in [-0.1, -0.05) is 11.6 Å². The van der Waals surface area contributed by atoms with Gasteiger partial charge in [-0.05, 0) is 119 Å². The van der Waals surface area contributed by atoms with Gasteiger partial charge in [0, 0.05) is 23.8 Å². The van der Waals surface area contributed by atoms with Gasteiger partial charge in [0.15, 0.2) is 0 Å². The first kappa shape index (κ1) is 24.7. The summed E-state index contributed by atoms with van der Waals surface area (Å²) in [5.74, 6) is 4.11. The van der Waals surface area contributed by atoms with Crippen molar-refractivity contribution in [2.75, 3.05) is 6.61 Å². The van der Waals surface area contributed by atoms with Crippen LogP contribution in [-0.2, 0) is 15.0 Å². The number of esters is 1. The third-order valence-corrected chi connectivity index (χ3v) is 10.1. The summed E-state index contributed by atoms with van der Waals surface area (Å²) in [5.41, 5.74) is 3.51. The van der Waals surface area contributed by atoms with E-state index in [9.17, 15) is 14.9 Å². The van der Waals surface area contributed by atoms with Crippen LogP contribution in [0.5, 0.6) is 11.5 Å². The highest BCUT2D eigenvalue weighted by Gasteiger charge is 2.53. The van der Waals surface area contributed by atoms with Crippen molar-refractivity contribution in [3.8, 4) is 11.5 Å². The third kappa shape index (κ3) is 4.52. The van der Waals surface area contributed by atoms with Gasteiger partial charge < -0.3 is 14.3 Å². The zero-order valence-corrected chi connectivity index (χ0v) is 22.3. The predicted molar refractivity (Wildman–Crippen MR) is 138 cm³/mol. The molecule has 4 bridgehead atoms. The van der Waals surface area contributed by atoms with E-state index in [0.717, 1.165) is 41.9 Å². The van der Waals surface area contributed by atoms with Crippen LogP contribution in [0.25, 0.3) is 0 Å². The first-order valence-electron chi connectivity index (χ1n) is 14.1. The molecule has 6 aliphatic rings. The number of allylic oxidation sites excluding steroid dienone is 2. The van der Waals surface area contributed by atoms with Gasteiger partial charge in [-0.15, -0.1) is 10.1 Å². The van der Waals surface area contributed by atoms with Gasteiger partial charge in [0.1, 0.15) is 17.1 Å². The molecule has 4 fully saturated rings. The Morgan fingerprint density at radius 3 is 2.46 bits per heavy atom. The Hall–Kier alpha value is -2.57. The minimum atomic E-state index is -0.825. The Kier molecular flexibility index (Phi) is 6.03. The number of ether oxygens (including phenoxy) is 2. The summed E-state index contributed by atoms with van der Waals surface area (Å²) in [5, 5.41) is 9.63. The second kappa shape index (κ2) is 9.02. The number of hydrogen-bond donors (Lipinski definition) is 0. The molecule has 0 spiro atoms. The van der Waals surface area contributed by atoms with Gasteiger partial charge in [0.25, 0.3) is 5.09 Å². The highest BCUT2D eigenvalue weighted by atomic mass is 16.9. The van der Waals surface area contributed by atoms with Crippen LogP contribution in [0.15, 0.2) is 23.8 Å². The second-order valence-corrected chi connectivity index (χ2v) is 13.1. The normalized spacial score (nSPS) is 34.6. The lowest BCUT2D eigenvalue weighted by atomic mass is 9.48. The molecule has 37 heavy (non-hydrogen) atoms. The van der Waals surface area contributed by atoms with E-state index in [1.807, 2.05) is 0 Å². The van der Waals surface area contributed by atoms with Crippen molar-refractivity contribution in [2.45, 2.75) is 102 Å². The van der Waals surface area contributed by atoms with E-state index in [4.69, 9.17) is 9.47 Å². The number of fused-ring (bicyclic) bond motifs is 3. The van der Waals surface area contributed by atoms with Crippen LogP contribution in [0, 0.1) is 33.8 Å². The summed E-state index contributed by atoms with van der Waals surface area (Å²) >= 11 is 0. The zero-order chi connectivity index (χ0) is 25.9. The van der Waals surface area contributed by atoms with E-state index in [0.29, 0.717) is 11.7 Å². The topological polar surface area (TPSA) is 87.9 Å². The molecule has 7 rings (SSSR count). The fraction of sp³-hybridized carbons (Fsp3) is 0.700. The molecule has 4 saturated carbocycles. The van der Waals surface area contributed by atoms with Crippen LogP contribution in [-0.4, -0.2) is 23.3 Å². The Bertz CT molecular complexity index is 1100. The zero-order valence-electron chi connectivity index (χ0n) is 22.3. The Labute approximate surface area is 219 Å². The molecule has 0 N–H and O–H groups in total. The summed E-state index contributed by atoms with van der Waals surface area (Å²) in [6, 6.07) is 4.47. The van der Waals surface area contributed by atoms with Crippen LogP contribution in [0.2, 0.25) is 0 Å². The highest BCUT2D eigenvalue weighted by molar-refractivity contribution is 5.74. The van der Waals surface area contributed by atoms with E-state index in [-0.39, 0.29) is 42.4 Å². The molecule has 0 aromatic heterocycles. The van der Waals surface area contributed by atoms with Crippen molar-refractivity contribution in [1.29, 1.82) is 0 Å². The number of hydrogen-bond acceptors (Lipinski definition) is 6. The number of nitrogens with zero attached hydrogens (tertiary/aromatic N) is 1. The summed E-state index contributed by atoms with van der Waals surface area (Å²) in [6.45, 7) is 6.46. The fourth-order valence-electron chi connectivity index (χ4n) is 8.93. The molecular formula is C30H39NO6. The smallest absolute Gasteiger partial charge is 0.311 e. The minimum Gasteiger partial charge on any atom is -0.487 e. The molecule has 1 heterocycles. The van der Waals surface area contributed by atoms with E-state index >= 15 is 0 Å². The van der Waals surface area contributed by atoms with Gasteiger partial charge in [0.2, 0.25) is 0 Å². The summed E-state index contributed by atoms with van der Waals surface area (Å²) < 4.78 is 12.9. The fourth-order valence-corrected chi connectivity index (χ4v) is 8.93. The average Bonchev–Trinajstić information content (AvgIpc) is 2.80. The standard InChI is InChI=1S/C30H39NO6/c1-18-6-7-24-23(9-18)28-25(36-27(32)5-4-8-35-31(33)34)13-22(14-26(28)37-29(24,2)3)30-15-19-10-20(16-30)12-21(11-19)17-30/h6,13-14,19-21,23-24H,4-5,7-12,15-17H2,1-3H3. The van der Waals surface area contributed by atoms with Crippen molar-refractivity contribution in [3.05, 3.63) is 45.0 Å². The number of benzene rings is 1. The SMILES string of the molecule is CC1=CCC2C(C1)c1c(OC(=O)CCCO[N+](=O)[O-])cc(C34CC5CC(CC(C5)C3)C4)cc1OC2(C)C. The molecule has 7 heteroatoms. The first-order chi connectivity index (χ1) is 17.6. The van der Waals surface area contributed by atoms with Crippen LogP contribution < -0.4 is 9.47 Å². The maximum absolute atomic E-state index is 13.0. The van der Waals surface area contributed by atoms with Gasteiger partial charge in [0.05, 0.1) is 6.61 Å². The second-order valence-electron chi connectivity index (χ2n) is 13.1. The third-order valence-electron chi connectivity index (χ3n) is 10.1. The van der Waals surface area contributed by atoms with Gasteiger partial charge in [-0.25, -0.2) is 0 Å². The van der Waals surface area contributed by atoms with Crippen molar-refractivity contribution in [2.24, 2.45) is 23.7 Å². The van der Waals surface area contributed by atoms with Crippen LogP contribution in [0.1, 0.15) is 102 Å². The average molecular weight is 510 g/mol. The van der Waals surface area contributed by atoms with E-state index < -0.39 is 5.09 Å². The number of carbonyl (C=O) groups is 1. The largest absolute Gasteiger partial charge is 0.487 e. The Morgan fingerprint density at radius 1 is 1.14 bits per heavy atom.